The molecule has 0 aromatic heterocycles. The molecule has 1 amide bonds. The quantitative estimate of drug-likeness (QED) is 0.926. The van der Waals surface area contributed by atoms with Crippen LogP contribution in [0.2, 0.25) is 0 Å². The highest BCUT2D eigenvalue weighted by Gasteiger charge is 2.31. The lowest BCUT2D eigenvalue weighted by atomic mass is 9.75. The van der Waals surface area contributed by atoms with Gasteiger partial charge in [0.2, 0.25) is 5.91 Å². The fraction of sp³-hybridized carbons (Fsp3) is 0.632. The van der Waals surface area contributed by atoms with Gasteiger partial charge in [-0.2, -0.15) is 0 Å². The van der Waals surface area contributed by atoms with Crippen LogP contribution in [0, 0.1) is 18.8 Å². The van der Waals surface area contributed by atoms with Gasteiger partial charge in [-0.25, -0.2) is 0 Å². The number of likely N-dealkylation sites (tertiary alicyclic amines) is 1. The van der Waals surface area contributed by atoms with Gasteiger partial charge in [-0.05, 0) is 49.3 Å². The molecular weight excluding hydrogens is 272 g/mol. The summed E-state index contributed by atoms with van der Waals surface area (Å²) in [6, 6.07) is 8.25. The van der Waals surface area contributed by atoms with Crippen molar-refractivity contribution in [2.24, 2.45) is 11.8 Å². The summed E-state index contributed by atoms with van der Waals surface area (Å²) in [6.45, 7) is 5.53. The first-order chi connectivity index (χ1) is 10.7. The number of carbonyl (C=O) groups is 1. The van der Waals surface area contributed by atoms with Crippen molar-refractivity contribution in [3.05, 3.63) is 35.4 Å². The topological polar surface area (TPSA) is 32.3 Å². The molecule has 0 spiro atoms. The lowest BCUT2D eigenvalue weighted by Gasteiger charge is -2.41. The molecule has 120 valence electrons. The van der Waals surface area contributed by atoms with Crippen LogP contribution < -0.4 is 5.32 Å². The number of hydrogen-bond donors (Lipinski definition) is 1. The number of nitrogens with one attached hydrogen (secondary N) is 1. The standard InChI is InChI=1S/C19H28N2O/c1-15-6-2-3-8-17(15)12-20-19(22)14-21-11-10-16-7-4-5-9-18(16)13-21/h2-3,6,8,16,18H,4-5,7,9-14H2,1H3,(H,20,22)/t16-,18+/m0/s1. The highest BCUT2D eigenvalue weighted by atomic mass is 16.2. The second kappa shape index (κ2) is 7.28. The number of rotatable bonds is 4. The highest BCUT2D eigenvalue weighted by Crippen LogP contribution is 2.35. The molecular formula is C19H28N2O. The van der Waals surface area contributed by atoms with Crippen molar-refractivity contribution in [2.75, 3.05) is 19.6 Å². The van der Waals surface area contributed by atoms with Crippen molar-refractivity contribution < 1.29 is 4.79 Å². The number of aryl methyl sites for hydroxylation is 1. The zero-order valence-corrected chi connectivity index (χ0v) is 13.7. The van der Waals surface area contributed by atoms with Crippen LogP contribution in [0.1, 0.15) is 43.2 Å². The number of benzene rings is 1. The summed E-state index contributed by atoms with van der Waals surface area (Å²) in [5.74, 6) is 1.93. The summed E-state index contributed by atoms with van der Waals surface area (Å²) in [7, 11) is 0. The van der Waals surface area contributed by atoms with E-state index in [4.69, 9.17) is 0 Å². The molecule has 2 atom stereocenters. The van der Waals surface area contributed by atoms with Gasteiger partial charge in [0, 0.05) is 13.1 Å². The summed E-state index contributed by atoms with van der Waals surface area (Å²) in [4.78, 5) is 14.6. The van der Waals surface area contributed by atoms with Crippen molar-refractivity contribution in [1.82, 2.24) is 10.2 Å². The third-order valence-electron chi connectivity index (χ3n) is 5.48. The average Bonchev–Trinajstić information content (AvgIpc) is 2.54. The second-order valence-electron chi connectivity index (χ2n) is 7.03. The first kappa shape index (κ1) is 15.5. The van der Waals surface area contributed by atoms with E-state index < -0.39 is 0 Å². The predicted molar refractivity (Wildman–Crippen MR) is 89.5 cm³/mol. The van der Waals surface area contributed by atoms with Gasteiger partial charge >= 0.3 is 0 Å². The van der Waals surface area contributed by atoms with E-state index in [0.29, 0.717) is 13.1 Å². The van der Waals surface area contributed by atoms with E-state index in [9.17, 15) is 4.79 Å². The summed E-state index contributed by atoms with van der Waals surface area (Å²) in [6.07, 6.45) is 6.87. The minimum absolute atomic E-state index is 0.164. The van der Waals surface area contributed by atoms with Crippen LogP contribution in [0.3, 0.4) is 0 Å². The minimum atomic E-state index is 0.164. The van der Waals surface area contributed by atoms with Gasteiger partial charge in [-0.1, -0.05) is 43.5 Å². The predicted octanol–water partition coefficient (Wildman–Crippen LogP) is 3.12. The lowest BCUT2D eigenvalue weighted by Crippen LogP contribution is -2.46. The van der Waals surface area contributed by atoms with E-state index in [1.807, 2.05) is 12.1 Å². The Bertz CT molecular complexity index is 514. The monoisotopic (exact) mass is 300 g/mol. The molecule has 2 aliphatic rings. The molecule has 1 saturated heterocycles. The molecule has 1 aliphatic carbocycles. The van der Waals surface area contributed by atoms with E-state index in [1.165, 1.54) is 43.2 Å². The van der Waals surface area contributed by atoms with Crippen LogP contribution in [0.5, 0.6) is 0 Å². The smallest absolute Gasteiger partial charge is 0.234 e. The third kappa shape index (κ3) is 3.89. The molecule has 2 fully saturated rings. The number of amides is 1. The van der Waals surface area contributed by atoms with E-state index in [-0.39, 0.29) is 5.91 Å². The maximum atomic E-state index is 12.2. The molecule has 1 N–H and O–H groups in total. The Kier molecular flexibility index (Phi) is 5.14. The molecule has 1 heterocycles. The fourth-order valence-electron chi connectivity index (χ4n) is 4.08. The molecule has 22 heavy (non-hydrogen) atoms. The third-order valence-corrected chi connectivity index (χ3v) is 5.48. The molecule has 3 rings (SSSR count). The molecule has 1 aromatic carbocycles. The lowest BCUT2D eigenvalue weighted by molar-refractivity contribution is -0.123. The second-order valence-corrected chi connectivity index (χ2v) is 7.03. The summed E-state index contributed by atoms with van der Waals surface area (Å²) in [5, 5.41) is 3.08. The Hall–Kier alpha value is -1.35. The van der Waals surface area contributed by atoms with Crippen LogP contribution in [0.4, 0.5) is 0 Å². The van der Waals surface area contributed by atoms with Gasteiger partial charge in [0.05, 0.1) is 6.54 Å². The van der Waals surface area contributed by atoms with E-state index in [2.05, 4.69) is 29.3 Å². The first-order valence-corrected chi connectivity index (χ1v) is 8.76. The molecule has 1 saturated carbocycles. The first-order valence-electron chi connectivity index (χ1n) is 8.76. The molecule has 0 radical (unpaired) electrons. The zero-order chi connectivity index (χ0) is 15.4. The van der Waals surface area contributed by atoms with Crippen molar-refractivity contribution in [3.63, 3.8) is 0 Å². The number of nitrogens with zero attached hydrogens (tertiary/aromatic N) is 1. The summed E-state index contributed by atoms with van der Waals surface area (Å²) >= 11 is 0. The van der Waals surface area contributed by atoms with Gasteiger partial charge in [0.25, 0.3) is 0 Å². The Morgan fingerprint density at radius 3 is 2.77 bits per heavy atom. The van der Waals surface area contributed by atoms with Crippen LogP contribution in [-0.2, 0) is 11.3 Å². The molecule has 0 unspecified atom stereocenters. The minimum Gasteiger partial charge on any atom is -0.351 e. The Morgan fingerprint density at radius 1 is 1.18 bits per heavy atom. The van der Waals surface area contributed by atoms with Crippen molar-refractivity contribution >= 4 is 5.91 Å². The summed E-state index contributed by atoms with van der Waals surface area (Å²) < 4.78 is 0. The van der Waals surface area contributed by atoms with Gasteiger partial charge < -0.3 is 5.32 Å². The fourth-order valence-corrected chi connectivity index (χ4v) is 4.08. The van der Waals surface area contributed by atoms with E-state index in [0.717, 1.165) is 24.9 Å². The molecule has 3 heteroatoms. The number of piperidine rings is 1. The van der Waals surface area contributed by atoms with Gasteiger partial charge in [0.1, 0.15) is 0 Å². The SMILES string of the molecule is Cc1ccccc1CNC(=O)CN1CC[C@@H]2CCCC[C@@H]2C1. The average molecular weight is 300 g/mol. The molecule has 1 aromatic rings. The maximum absolute atomic E-state index is 12.2. The van der Waals surface area contributed by atoms with Crippen molar-refractivity contribution in [3.8, 4) is 0 Å². The molecule has 3 nitrogen and oxygen atoms in total. The van der Waals surface area contributed by atoms with Crippen molar-refractivity contribution in [2.45, 2.75) is 45.6 Å². The van der Waals surface area contributed by atoms with Gasteiger partial charge in [0.15, 0.2) is 0 Å². The maximum Gasteiger partial charge on any atom is 0.234 e. The summed E-state index contributed by atoms with van der Waals surface area (Å²) in [5.41, 5.74) is 2.45. The van der Waals surface area contributed by atoms with Crippen LogP contribution in [-0.4, -0.2) is 30.4 Å². The Labute approximate surface area is 134 Å². The molecule has 1 aliphatic heterocycles. The Balaban J connectivity index is 1.45. The molecule has 0 bridgehead atoms. The largest absolute Gasteiger partial charge is 0.351 e. The van der Waals surface area contributed by atoms with Gasteiger partial charge in [-0.15, -0.1) is 0 Å². The van der Waals surface area contributed by atoms with E-state index in [1.54, 1.807) is 0 Å². The zero-order valence-electron chi connectivity index (χ0n) is 13.7. The number of fused-ring (bicyclic) bond motifs is 1. The van der Waals surface area contributed by atoms with Crippen LogP contribution in [0.15, 0.2) is 24.3 Å². The number of carbonyl (C=O) groups excluding carboxylic acids is 1. The highest BCUT2D eigenvalue weighted by molar-refractivity contribution is 5.78. The Morgan fingerprint density at radius 2 is 1.95 bits per heavy atom. The van der Waals surface area contributed by atoms with Gasteiger partial charge in [-0.3, -0.25) is 9.69 Å². The van der Waals surface area contributed by atoms with E-state index >= 15 is 0 Å². The normalized spacial score (nSPS) is 25.5. The number of hydrogen-bond acceptors (Lipinski definition) is 2. The van der Waals surface area contributed by atoms with Crippen LogP contribution >= 0.6 is 0 Å². The van der Waals surface area contributed by atoms with Crippen molar-refractivity contribution in [1.29, 1.82) is 0 Å². The van der Waals surface area contributed by atoms with Crippen LogP contribution in [0.25, 0.3) is 0 Å².